The van der Waals surface area contributed by atoms with Crippen molar-refractivity contribution in [2.24, 2.45) is 0 Å². The van der Waals surface area contributed by atoms with Crippen LogP contribution in [0.4, 0.5) is 5.69 Å². The molecule has 0 spiro atoms. The minimum absolute atomic E-state index is 0.0270. The highest BCUT2D eigenvalue weighted by molar-refractivity contribution is 6.33. The summed E-state index contributed by atoms with van der Waals surface area (Å²) in [5.41, 5.74) is 3.47. The first-order chi connectivity index (χ1) is 10.6. The predicted molar refractivity (Wildman–Crippen MR) is 86.3 cm³/mol. The highest BCUT2D eigenvalue weighted by atomic mass is 35.5. The van der Waals surface area contributed by atoms with Crippen molar-refractivity contribution in [1.29, 1.82) is 0 Å². The van der Waals surface area contributed by atoms with Crippen molar-refractivity contribution in [3.05, 3.63) is 64.2 Å². The molecule has 112 valence electrons. The molecular formula is C17H15ClN2O2. The second kappa shape index (κ2) is 6.20. The summed E-state index contributed by atoms with van der Waals surface area (Å²) in [4.78, 5) is 23.4. The zero-order valence-electron chi connectivity index (χ0n) is 11.9. The molecule has 5 heteroatoms. The Morgan fingerprint density at radius 2 is 2.05 bits per heavy atom. The van der Waals surface area contributed by atoms with Gasteiger partial charge in [0.15, 0.2) is 0 Å². The van der Waals surface area contributed by atoms with Crippen LogP contribution in [0.15, 0.2) is 42.5 Å². The number of hydrogen-bond acceptors (Lipinski definition) is 2. The van der Waals surface area contributed by atoms with Crippen LogP contribution in [0.25, 0.3) is 0 Å². The zero-order chi connectivity index (χ0) is 15.5. The lowest BCUT2D eigenvalue weighted by molar-refractivity contribution is -0.115. The second-order valence-corrected chi connectivity index (χ2v) is 5.61. The molecule has 0 saturated carbocycles. The molecule has 0 atom stereocenters. The van der Waals surface area contributed by atoms with Crippen molar-refractivity contribution in [3.63, 3.8) is 0 Å². The van der Waals surface area contributed by atoms with Gasteiger partial charge in [-0.25, -0.2) is 0 Å². The van der Waals surface area contributed by atoms with E-state index in [1.807, 2.05) is 18.2 Å². The minimum Gasteiger partial charge on any atom is -0.352 e. The van der Waals surface area contributed by atoms with Crippen LogP contribution in [0.3, 0.4) is 0 Å². The summed E-state index contributed by atoms with van der Waals surface area (Å²) in [6, 6.07) is 12.8. The molecule has 0 aliphatic carbocycles. The van der Waals surface area contributed by atoms with Crippen molar-refractivity contribution in [3.8, 4) is 0 Å². The van der Waals surface area contributed by atoms with E-state index in [2.05, 4.69) is 10.6 Å². The van der Waals surface area contributed by atoms with Gasteiger partial charge < -0.3 is 10.6 Å². The second-order valence-electron chi connectivity index (χ2n) is 5.20. The Kier molecular flexibility index (Phi) is 4.11. The SMILES string of the molecule is O=C1Cc2cc(CCNC(=O)c3ccccc3Cl)ccc2N1. The van der Waals surface area contributed by atoms with E-state index >= 15 is 0 Å². The van der Waals surface area contributed by atoms with Gasteiger partial charge in [-0.3, -0.25) is 9.59 Å². The van der Waals surface area contributed by atoms with Gasteiger partial charge in [0.2, 0.25) is 5.91 Å². The first-order valence-corrected chi connectivity index (χ1v) is 7.45. The van der Waals surface area contributed by atoms with Gasteiger partial charge in [-0.15, -0.1) is 0 Å². The summed E-state index contributed by atoms with van der Waals surface area (Å²) >= 11 is 5.99. The lowest BCUT2D eigenvalue weighted by atomic mass is 10.1. The summed E-state index contributed by atoms with van der Waals surface area (Å²) in [5.74, 6) is -0.150. The van der Waals surface area contributed by atoms with Gasteiger partial charge in [-0.1, -0.05) is 35.9 Å². The maximum absolute atomic E-state index is 12.0. The quantitative estimate of drug-likeness (QED) is 0.911. The van der Waals surface area contributed by atoms with Crippen LogP contribution in [0.2, 0.25) is 5.02 Å². The van der Waals surface area contributed by atoms with E-state index in [1.165, 1.54) is 0 Å². The molecule has 1 heterocycles. The molecule has 0 bridgehead atoms. The molecule has 0 aromatic heterocycles. The Bertz CT molecular complexity index is 743. The van der Waals surface area contributed by atoms with Gasteiger partial charge in [-0.05, 0) is 35.7 Å². The molecular weight excluding hydrogens is 300 g/mol. The van der Waals surface area contributed by atoms with Crippen LogP contribution in [0.5, 0.6) is 0 Å². The van der Waals surface area contributed by atoms with E-state index in [9.17, 15) is 9.59 Å². The first-order valence-electron chi connectivity index (χ1n) is 7.08. The highest BCUT2D eigenvalue weighted by Crippen LogP contribution is 2.23. The summed E-state index contributed by atoms with van der Waals surface area (Å²) in [6.45, 7) is 0.518. The molecule has 0 radical (unpaired) electrons. The lowest BCUT2D eigenvalue weighted by Gasteiger charge is -2.08. The topological polar surface area (TPSA) is 58.2 Å². The van der Waals surface area contributed by atoms with Crippen molar-refractivity contribution in [2.45, 2.75) is 12.8 Å². The predicted octanol–water partition coefficient (Wildman–Crippen LogP) is 2.81. The molecule has 1 aliphatic rings. The lowest BCUT2D eigenvalue weighted by Crippen LogP contribution is -2.25. The Labute approximate surface area is 133 Å². The molecule has 2 N–H and O–H groups in total. The highest BCUT2D eigenvalue weighted by Gasteiger charge is 2.17. The monoisotopic (exact) mass is 314 g/mol. The standard InChI is InChI=1S/C17H15ClN2O2/c18-14-4-2-1-3-13(14)17(22)19-8-7-11-5-6-15-12(9-11)10-16(21)20-15/h1-6,9H,7-8,10H2,(H,19,22)(H,20,21). The average Bonchev–Trinajstić information content (AvgIpc) is 2.87. The summed E-state index contributed by atoms with van der Waals surface area (Å²) < 4.78 is 0. The average molecular weight is 315 g/mol. The van der Waals surface area contributed by atoms with E-state index in [0.29, 0.717) is 30.0 Å². The molecule has 22 heavy (non-hydrogen) atoms. The van der Waals surface area contributed by atoms with Gasteiger partial charge in [0.25, 0.3) is 5.91 Å². The van der Waals surface area contributed by atoms with Crippen LogP contribution < -0.4 is 10.6 Å². The number of carbonyl (C=O) groups is 2. The normalized spacial score (nSPS) is 12.7. The van der Waals surface area contributed by atoms with Gasteiger partial charge in [0.05, 0.1) is 17.0 Å². The van der Waals surface area contributed by atoms with Crippen molar-refractivity contribution in [1.82, 2.24) is 5.32 Å². The largest absolute Gasteiger partial charge is 0.352 e. The number of benzene rings is 2. The summed E-state index contributed by atoms with van der Waals surface area (Å²) in [7, 11) is 0. The van der Waals surface area contributed by atoms with Crippen molar-refractivity contribution in [2.75, 3.05) is 11.9 Å². The Morgan fingerprint density at radius 3 is 2.86 bits per heavy atom. The van der Waals surface area contributed by atoms with E-state index < -0.39 is 0 Å². The van der Waals surface area contributed by atoms with Gasteiger partial charge in [-0.2, -0.15) is 0 Å². The number of amides is 2. The van der Waals surface area contributed by atoms with Crippen LogP contribution in [-0.2, 0) is 17.6 Å². The van der Waals surface area contributed by atoms with Crippen LogP contribution in [-0.4, -0.2) is 18.4 Å². The van der Waals surface area contributed by atoms with Crippen LogP contribution in [0, 0.1) is 0 Å². The first kappa shape index (κ1) is 14.6. The minimum atomic E-state index is -0.177. The summed E-state index contributed by atoms with van der Waals surface area (Å²) in [6.07, 6.45) is 1.13. The molecule has 2 amide bonds. The molecule has 1 aliphatic heterocycles. The number of anilines is 1. The number of fused-ring (bicyclic) bond motifs is 1. The number of nitrogens with one attached hydrogen (secondary N) is 2. The van der Waals surface area contributed by atoms with E-state index in [0.717, 1.165) is 16.8 Å². The molecule has 2 aromatic rings. The van der Waals surface area contributed by atoms with Gasteiger partial charge in [0, 0.05) is 12.2 Å². The third kappa shape index (κ3) is 3.12. The number of carbonyl (C=O) groups excluding carboxylic acids is 2. The molecule has 3 rings (SSSR count). The zero-order valence-corrected chi connectivity index (χ0v) is 12.6. The molecule has 2 aromatic carbocycles. The van der Waals surface area contributed by atoms with Gasteiger partial charge >= 0.3 is 0 Å². The fourth-order valence-electron chi connectivity index (χ4n) is 2.50. The molecule has 0 unspecified atom stereocenters. The van der Waals surface area contributed by atoms with E-state index in [-0.39, 0.29) is 11.8 Å². The Balaban J connectivity index is 1.58. The van der Waals surface area contributed by atoms with Crippen molar-refractivity contribution >= 4 is 29.1 Å². The maximum atomic E-state index is 12.0. The maximum Gasteiger partial charge on any atom is 0.252 e. The Morgan fingerprint density at radius 1 is 1.23 bits per heavy atom. The third-order valence-corrected chi connectivity index (χ3v) is 3.94. The fraction of sp³-hybridized carbons (Fsp3) is 0.176. The molecule has 0 fully saturated rings. The summed E-state index contributed by atoms with van der Waals surface area (Å²) in [5, 5.41) is 6.11. The van der Waals surface area contributed by atoms with Crippen LogP contribution in [0.1, 0.15) is 21.5 Å². The number of rotatable bonds is 4. The van der Waals surface area contributed by atoms with Crippen molar-refractivity contribution < 1.29 is 9.59 Å². The smallest absolute Gasteiger partial charge is 0.252 e. The van der Waals surface area contributed by atoms with Crippen LogP contribution >= 0.6 is 11.6 Å². The number of hydrogen-bond donors (Lipinski definition) is 2. The molecule has 0 saturated heterocycles. The Hall–Kier alpha value is -2.33. The van der Waals surface area contributed by atoms with E-state index in [4.69, 9.17) is 11.6 Å². The number of halogens is 1. The van der Waals surface area contributed by atoms with E-state index in [1.54, 1.807) is 24.3 Å². The molecule has 4 nitrogen and oxygen atoms in total. The van der Waals surface area contributed by atoms with Gasteiger partial charge in [0.1, 0.15) is 0 Å². The fourth-order valence-corrected chi connectivity index (χ4v) is 2.72. The third-order valence-electron chi connectivity index (χ3n) is 3.61.